The van der Waals surface area contributed by atoms with Gasteiger partial charge in [-0.25, -0.2) is 4.68 Å². The van der Waals surface area contributed by atoms with Crippen LogP contribution in [0.5, 0.6) is 5.75 Å². The minimum absolute atomic E-state index is 0.0435. The molecule has 0 aliphatic heterocycles. The van der Waals surface area contributed by atoms with Crippen LogP contribution in [0, 0.1) is 0 Å². The maximum Gasteiger partial charge on any atom is 0.246 e. The predicted octanol–water partition coefficient (Wildman–Crippen LogP) is 3.98. The predicted molar refractivity (Wildman–Crippen MR) is 106 cm³/mol. The van der Waals surface area contributed by atoms with Crippen LogP contribution in [0.1, 0.15) is 0 Å². The second-order valence-corrected chi connectivity index (χ2v) is 6.43. The highest BCUT2D eigenvalue weighted by Crippen LogP contribution is 2.36. The Labute approximate surface area is 159 Å². The summed E-state index contributed by atoms with van der Waals surface area (Å²) in [5.74, 6) is 0.334. The van der Waals surface area contributed by atoms with E-state index >= 15 is 0 Å². The number of para-hydroxylation sites is 2. The van der Waals surface area contributed by atoms with Crippen LogP contribution in [0.25, 0.3) is 33.0 Å². The number of hydrogen-bond acceptors (Lipinski definition) is 5. The summed E-state index contributed by atoms with van der Waals surface area (Å²) in [5, 5.41) is 13.0. The summed E-state index contributed by atoms with van der Waals surface area (Å²) in [5.41, 5.74) is 3.57. The molecule has 2 aromatic heterocycles. The lowest BCUT2D eigenvalue weighted by Crippen LogP contribution is -2.19. The molecule has 5 rings (SSSR count). The zero-order valence-corrected chi connectivity index (χ0v) is 15.0. The van der Waals surface area contributed by atoms with Gasteiger partial charge in [-0.3, -0.25) is 4.79 Å². The third-order valence-corrected chi connectivity index (χ3v) is 4.69. The van der Waals surface area contributed by atoms with Crippen molar-refractivity contribution in [2.45, 2.75) is 6.54 Å². The molecule has 28 heavy (non-hydrogen) atoms. The summed E-state index contributed by atoms with van der Waals surface area (Å²) in [7, 11) is 1.57. The van der Waals surface area contributed by atoms with E-state index in [4.69, 9.17) is 9.15 Å². The molecule has 7 heteroatoms. The number of carbonyl (C=O) groups is 1. The number of amides is 1. The molecule has 0 spiro atoms. The summed E-state index contributed by atoms with van der Waals surface area (Å²) >= 11 is 0. The lowest BCUT2D eigenvalue weighted by Gasteiger charge is -2.10. The van der Waals surface area contributed by atoms with Crippen molar-refractivity contribution < 1.29 is 13.9 Å². The molecular formula is C21H16N4O3. The molecule has 0 atom stereocenters. The molecule has 3 aromatic carbocycles. The van der Waals surface area contributed by atoms with Crippen molar-refractivity contribution in [3.05, 3.63) is 60.7 Å². The fourth-order valence-corrected chi connectivity index (χ4v) is 3.38. The van der Waals surface area contributed by atoms with Gasteiger partial charge in [0, 0.05) is 16.8 Å². The third kappa shape index (κ3) is 2.64. The largest absolute Gasteiger partial charge is 0.495 e. The van der Waals surface area contributed by atoms with Crippen LogP contribution in [0.4, 0.5) is 5.69 Å². The molecule has 0 saturated heterocycles. The zero-order chi connectivity index (χ0) is 19.1. The summed E-state index contributed by atoms with van der Waals surface area (Å²) in [6.45, 7) is 0.0435. The average Bonchev–Trinajstić information content (AvgIpc) is 3.28. The summed E-state index contributed by atoms with van der Waals surface area (Å²) in [6, 6.07) is 19.0. The number of anilines is 1. The van der Waals surface area contributed by atoms with E-state index in [9.17, 15) is 4.79 Å². The van der Waals surface area contributed by atoms with Crippen LogP contribution in [0.15, 0.2) is 65.1 Å². The van der Waals surface area contributed by atoms with Gasteiger partial charge in [-0.15, -0.1) is 5.10 Å². The Balaban J connectivity index is 1.48. The molecule has 0 fully saturated rings. The second-order valence-electron chi connectivity index (χ2n) is 6.43. The Kier molecular flexibility index (Phi) is 3.72. The minimum atomic E-state index is -0.232. The lowest BCUT2D eigenvalue weighted by atomic mass is 10.1. The van der Waals surface area contributed by atoms with E-state index in [2.05, 4.69) is 15.6 Å². The van der Waals surface area contributed by atoms with Gasteiger partial charge < -0.3 is 14.5 Å². The number of aromatic nitrogens is 3. The Morgan fingerprint density at radius 2 is 1.89 bits per heavy atom. The molecule has 0 radical (unpaired) electrons. The minimum Gasteiger partial charge on any atom is -0.495 e. The molecule has 0 aliphatic rings. The number of rotatable bonds is 4. The van der Waals surface area contributed by atoms with Crippen molar-refractivity contribution in [3.63, 3.8) is 0 Å². The molecule has 0 aliphatic carbocycles. The average molecular weight is 372 g/mol. The number of furan rings is 1. The van der Waals surface area contributed by atoms with E-state index in [0.717, 1.165) is 27.4 Å². The van der Waals surface area contributed by atoms with Gasteiger partial charge >= 0.3 is 0 Å². The summed E-state index contributed by atoms with van der Waals surface area (Å²) in [6.07, 6.45) is 0. The van der Waals surface area contributed by atoms with E-state index in [1.165, 1.54) is 0 Å². The van der Waals surface area contributed by atoms with Crippen LogP contribution in [-0.2, 0) is 11.3 Å². The molecule has 1 amide bonds. The van der Waals surface area contributed by atoms with Gasteiger partial charge in [0.1, 0.15) is 29.0 Å². The van der Waals surface area contributed by atoms with Gasteiger partial charge in [-0.1, -0.05) is 35.5 Å². The molecule has 138 valence electrons. The van der Waals surface area contributed by atoms with Gasteiger partial charge in [0.2, 0.25) is 5.91 Å². The molecule has 2 heterocycles. The van der Waals surface area contributed by atoms with E-state index in [0.29, 0.717) is 17.0 Å². The fourth-order valence-electron chi connectivity index (χ4n) is 3.38. The lowest BCUT2D eigenvalue weighted by molar-refractivity contribution is -0.116. The van der Waals surface area contributed by atoms with E-state index in [-0.39, 0.29) is 12.5 Å². The van der Waals surface area contributed by atoms with Crippen LogP contribution in [0.3, 0.4) is 0 Å². The molecular weight excluding hydrogens is 356 g/mol. The highest BCUT2D eigenvalue weighted by Gasteiger charge is 2.15. The number of fused-ring (bicyclic) bond motifs is 4. The molecule has 7 nitrogen and oxygen atoms in total. The van der Waals surface area contributed by atoms with Gasteiger partial charge in [-0.2, -0.15) is 0 Å². The van der Waals surface area contributed by atoms with Crippen LogP contribution >= 0.6 is 0 Å². The van der Waals surface area contributed by atoms with Crippen LogP contribution < -0.4 is 10.1 Å². The first-order valence-electron chi connectivity index (χ1n) is 8.80. The Morgan fingerprint density at radius 3 is 2.79 bits per heavy atom. The van der Waals surface area contributed by atoms with E-state index in [1.54, 1.807) is 17.9 Å². The van der Waals surface area contributed by atoms with Crippen molar-refractivity contribution in [2.75, 3.05) is 12.4 Å². The third-order valence-electron chi connectivity index (χ3n) is 4.69. The SMILES string of the molecule is COc1cc2c(cc1NC(=O)Cn1nnc3ccccc31)oc1ccccc12. The molecule has 0 saturated carbocycles. The smallest absolute Gasteiger partial charge is 0.246 e. The van der Waals surface area contributed by atoms with Gasteiger partial charge in [0.25, 0.3) is 0 Å². The first-order valence-corrected chi connectivity index (χ1v) is 8.80. The Hall–Kier alpha value is -3.87. The second kappa shape index (κ2) is 6.38. The van der Waals surface area contributed by atoms with Crippen molar-refractivity contribution in [1.82, 2.24) is 15.0 Å². The van der Waals surface area contributed by atoms with Crippen molar-refractivity contribution >= 4 is 44.6 Å². The number of hydrogen-bond donors (Lipinski definition) is 1. The maximum absolute atomic E-state index is 12.6. The van der Waals surface area contributed by atoms with E-state index in [1.807, 2.05) is 54.6 Å². The quantitative estimate of drug-likeness (QED) is 0.516. The summed E-state index contributed by atoms with van der Waals surface area (Å²) in [4.78, 5) is 12.6. The van der Waals surface area contributed by atoms with Crippen molar-refractivity contribution in [2.24, 2.45) is 0 Å². The standard InChI is InChI=1S/C21H16N4O3/c1-27-20-10-14-13-6-2-5-9-18(13)28-19(14)11-16(20)22-21(26)12-25-17-8-4-3-7-15(17)23-24-25/h2-11H,12H2,1H3,(H,22,26). The van der Waals surface area contributed by atoms with Gasteiger partial charge in [0.05, 0.1) is 18.3 Å². The summed E-state index contributed by atoms with van der Waals surface area (Å²) < 4.78 is 13.0. The highest BCUT2D eigenvalue weighted by atomic mass is 16.5. The van der Waals surface area contributed by atoms with Crippen molar-refractivity contribution in [1.29, 1.82) is 0 Å². The Morgan fingerprint density at radius 1 is 1.07 bits per heavy atom. The number of benzene rings is 3. The fraction of sp³-hybridized carbons (Fsp3) is 0.0952. The monoisotopic (exact) mass is 372 g/mol. The van der Waals surface area contributed by atoms with Crippen LogP contribution in [-0.4, -0.2) is 28.0 Å². The van der Waals surface area contributed by atoms with Crippen LogP contribution in [0.2, 0.25) is 0 Å². The topological polar surface area (TPSA) is 82.2 Å². The molecule has 5 aromatic rings. The number of carbonyl (C=O) groups excluding carboxylic acids is 1. The molecule has 1 N–H and O–H groups in total. The van der Waals surface area contributed by atoms with Crippen molar-refractivity contribution in [3.8, 4) is 5.75 Å². The zero-order valence-electron chi connectivity index (χ0n) is 15.0. The van der Waals surface area contributed by atoms with E-state index < -0.39 is 0 Å². The molecule has 0 unspecified atom stereocenters. The van der Waals surface area contributed by atoms with Gasteiger partial charge in [0.15, 0.2) is 0 Å². The number of nitrogens with one attached hydrogen (secondary N) is 1. The Bertz CT molecular complexity index is 1340. The number of ether oxygens (including phenoxy) is 1. The first-order chi connectivity index (χ1) is 13.7. The molecule has 0 bridgehead atoms. The normalized spacial score (nSPS) is 11.3. The number of nitrogens with zero attached hydrogens (tertiary/aromatic N) is 3. The maximum atomic E-state index is 12.6. The first kappa shape index (κ1) is 16.3. The number of methoxy groups -OCH3 is 1. The van der Waals surface area contributed by atoms with Gasteiger partial charge in [-0.05, 0) is 24.3 Å². The highest BCUT2D eigenvalue weighted by molar-refractivity contribution is 6.07.